The lowest BCUT2D eigenvalue weighted by atomic mass is 9.39. The van der Waals surface area contributed by atoms with Crippen molar-refractivity contribution in [1.29, 1.82) is 0 Å². The fourth-order valence-corrected chi connectivity index (χ4v) is 8.58. The molecule has 0 amide bonds. The Labute approximate surface area is 176 Å². The van der Waals surface area contributed by atoms with Crippen LogP contribution in [0.2, 0.25) is 16.9 Å². The third-order valence-corrected chi connectivity index (χ3v) is 10.5. The van der Waals surface area contributed by atoms with E-state index in [4.69, 9.17) is 0 Å². The largest absolute Gasteiger partial charge is 0.152 e. The summed E-state index contributed by atoms with van der Waals surface area (Å²) in [5.41, 5.74) is 0. The molecule has 3 heteroatoms. The molecule has 0 atom stereocenters. The van der Waals surface area contributed by atoms with E-state index in [-0.39, 0.29) is 0 Å². The molecule has 0 spiro atoms. The van der Waals surface area contributed by atoms with Gasteiger partial charge in [-0.2, -0.15) is 11.8 Å². The highest BCUT2D eigenvalue weighted by Crippen LogP contribution is 2.51. The quantitative estimate of drug-likeness (QED) is 0.439. The van der Waals surface area contributed by atoms with Gasteiger partial charge < -0.3 is 0 Å². The van der Waals surface area contributed by atoms with Crippen LogP contribution in [-0.4, -0.2) is 25.1 Å². The van der Waals surface area contributed by atoms with Crippen molar-refractivity contribution in [1.82, 2.24) is 0 Å². The van der Waals surface area contributed by atoms with Crippen LogP contribution in [0.4, 0.5) is 0 Å². The first-order valence-electron chi connectivity index (χ1n) is 12.4. The smallest absolute Gasteiger partial charge is 0.131 e. The SMILES string of the molecule is BC1CCC(C(C)(C)BC2CCC(C(C)(C)SC3CCCCC3)CC2)CC1. The van der Waals surface area contributed by atoms with Crippen LogP contribution < -0.4 is 0 Å². The first-order chi connectivity index (χ1) is 12.8. The second-order valence-electron chi connectivity index (χ2n) is 11.8. The maximum atomic E-state index is 2.60. The van der Waals surface area contributed by atoms with Gasteiger partial charge >= 0.3 is 0 Å². The molecule has 0 aliphatic heterocycles. The molecule has 0 saturated heterocycles. The molecule has 0 bridgehead atoms. The van der Waals surface area contributed by atoms with Gasteiger partial charge in [0, 0.05) is 10.00 Å². The van der Waals surface area contributed by atoms with E-state index < -0.39 is 0 Å². The zero-order valence-corrected chi connectivity index (χ0v) is 20.0. The maximum Gasteiger partial charge on any atom is 0.131 e. The highest BCUT2D eigenvalue weighted by atomic mass is 32.2. The Hall–Kier alpha value is 0.480. The van der Waals surface area contributed by atoms with E-state index in [2.05, 4.69) is 47.3 Å². The number of rotatable bonds is 6. The second kappa shape index (κ2) is 9.53. The van der Waals surface area contributed by atoms with E-state index >= 15 is 0 Å². The van der Waals surface area contributed by atoms with Gasteiger partial charge in [-0.1, -0.05) is 102 Å². The molecule has 0 aromatic rings. The molecule has 27 heavy (non-hydrogen) atoms. The van der Waals surface area contributed by atoms with E-state index in [1.807, 2.05) is 0 Å². The molecule has 3 rings (SSSR count). The molecule has 3 aliphatic rings. The van der Waals surface area contributed by atoms with Gasteiger partial charge in [0.1, 0.15) is 15.1 Å². The number of hydrogen-bond donors (Lipinski definition) is 0. The number of thioether (sulfide) groups is 1. The Morgan fingerprint density at radius 2 is 1.26 bits per heavy atom. The summed E-state index contributed by atoms with van der Waals surface area (Å²) in [5.74, 6) is 3.94. The summed E-state index contributed by atoms with van der Waals surface area (Å²) in [4.78, 5) is 0. The van der Waals surface area contributed by atoms with Gasteiger partial charge in [0.25, 0.3) is 0 Å². The van der Waals surface area contributed by atoms with Crippen molar-refractivity contribution in [2.75, 3.05) is 0 Å². The minimum atomic E-state index is 0.502. The summed E-state index contributed by atoms with van der Waals surface area (Å²) in [5, 5.41) is 1.53. The van der Waals surface area contributed by atoms with Crippen molar-refractivity contribution < 1.29 is 0 Å². The van der Waals surface area contributed by atoms with Crippen LogP contribution >= 0.6 is 11.8 Å². The molecule has 0 nitrogen and oxygen atoms in total. The zero-order chi connectivity index (χ0) is 19.5. The predicted molar refractivity (Wildman–Crippen MR) is 130 cm³/mol. The monoisotopic (exact) mass is 388 g/mol. The van der Waals surface area contributed by atoms with Gasteiger partial charge in [0.15, 0.2) is 0 Å². The van der Waals surface area contributed by atoms with Crippen LogP contribution in [0.3, 0.4) is 0 Å². The average molecular weight is 388 g/mol. The Morgan fingerprint density at radius 1 is 0.704 bits per heavy atom. The van der Waals surface area contributed by atoms with Gasteiger partial charge in [0.05, 0.1) is 0 Å². The first kappa shape index (κ1) is 22.2. The Morgan fingerprint density at radius 3 is 1.85 bits per heavy atom. The molecule has 0 aromatic heterocycles. The van der Waals surface area contributed by atoms with Crippen molar-refractivity contribution in [2.45, 2.75) is 138 Å². The molecule has 3 aliphatic carbocycles. The van der Waals surface area contributed by atoms with E-state index in [9.17, 15) is 0 Å². The van der Waals surface area contributed by atoms with Gasteiger partial charge in [-0.25, -0.2) is 0 Å². The Balaban J connectivity index is 1.45. The normalized spacial score (nSPS) is 34.4. The topological polar surface area (TPSA) is 0 Å². The average Bonchev–Trinajstić information content (AvgIpc) is 2.63. The Bertz CT molecular complexity index is 439. The molecule has 0 N–H and O–H groups in total. The highest BCUT2D eigenvalue weighted by Gasteiger charge is 2.39. The molecule has 3 saturated carbocycles. The van der Waals surface area contributed by atoms with E-state index in [0.717, 1.165) is 28.7 Å². The number of hydrogen-bond acceptors (Lipinski definition) is 1. The molecule has 3 fully saturated rings. The standard InChI is InChI=1S/C24H46B2S/c1-23(2,18-10-14-20(25)15-11-18)26-21-16-12-19(13-17-21)24(3,4)27-22-8-6-5-7-9-22/h18-22,26H,5-17,25H2,1-4H3. The Kier molecular flexibility index (Phi) is 7.82. The first-order valence-corrected chi connectivity index (χ1v) is 13.3. The lowest BCUT2D eigenvalue weighted by Crippen LogP contribution is -2.35. The van der Waals surface area contributed by atoms with Gasteiger partial charge in [-0.15, -0.1) is 0 Å². The van der Waals surface area contributed by atoms with Crippen molar-refractivity contribution >= 4 is 26.9 Å². The van der Waals surface area contributed by atoms with Gasteiger partial charge in [-0.3, -0.25) is 0 Å². The second-order valence-corrected chi connectivity index (χ2v) is 13.8. The van der Waals surface area contributed by atoms with Crippen LogP contribution in [0, 0.1) is 11.8 Å². The molecule has 0 aromatic carbocycles. The molecular formula is C24H46B2S. The predicted octanol–water partition coefficient (Wildman–Crippen LogP) is 7.06. The van der Waals surface area contributed by atoms with Crippen LogP contribution in [0.25, 0.3) is 0 Å². The fraction of sp³-hybridized carbons (Fsp3) is 1.00. The molecule has 0 unspecified atom stereocenters. The van der Waals surface area contributed by atoms with Crippen LogP contribution in [0.15, 0.2) is 0 Å². The summed E-state index contributed by atoms with van der Waals surface area (Å²) in [6, 6.07) is 0. The van der Waals surface area contributed by atoms with Crippen molar-refractivity contribution in [3.05, 3.63) is 0 Å². The van der Waals surface area contributed by atoms with Crippen molar-refractivity contribution in [3.63, 3.8) is 0 Å². The maximum absolute atomic E-state index is 2.60. The molecule has 154 valence electrons. The molecule has 0 heterocycles. The van der Waals surface area contributed by atoms with E-state index in [1.54, 1.807) is 0 Å². The lowest BCUT2D eigenvalue weighted by molar-refractivity contribution is 0.275. The highest BCUT2D eigenvalue weighted by molar-refractivity contribution is 8.01. The summed E-state index contributed by atoms with van der Waals surface area (Å²) in [6.45, 7) is 10.3. The fourth-order valence-electron chi connectivity index (χ4n) is 6.72. The summed E-state index contributed by atoms with van der Waals surface area (Å²) < 4.78 is 0.502. The zero-order valence-electron chi connectivity index (χ0n) is 19.2. The summed E-state index contributed by atoms with van der Waals surface area (Å²) in [7, 11) is 3.95. The third-order valence-electron chi connectivity index (χ3n) is 8.79. The van der Waals surface area contributed by atoms with Crippen molar-refractivity contribution in [2.24, 2.45) is 11.8 Å². The lowest BCUT2D eigenvalue weighted by Gasteiger charge is -2.44. The molecular weight excluding hydrogens is 342 g/mol. The van der Waals surface area contributed by atoms with Gasteiger partial charge in [-0.05, 0) is 37.5 Å². The van der Waals surface area contributed by atoms with E-state index in [1.165, 1.54) is 90.8 Å². The van der Waals surface area contributed by atoms with Crippen LogP contribution in [0.1, 0.15) is 111 Å². The summed E-state index contributed by atoms with van der Waals surface area (Å²) >= 11 is 2.37. The van der Waals surface area contributed by atoms with Crippen molar-refractivity contribution in [3.8, 4) is 0 Å². The van der Waals surface area contributed by atoms with Gasteiger partial charge in [0.2, 0.25) is 0 Å². The molecule has 0 radical (unpaired) electrons. The van der Waals surface area contributed by atoms with Crippen LogP contribution in [-0.2, 0) is 0 Å². The third kappa shape index (κ3) is 6.23. The summed E-state index contributed by atoms with van der Waals surface area (Å²) in [6.07, 6.45) is 19.4. The van der Waals surface area contributed by atoms with E-state index in [0.29, 0.717) is 10.1 Å². The minimum absolute atomic E-state index is 0.502. The van der Waals surface area contributed by atoms with Crippen LogP contribution in [0.5, 0.6) is 0 Å². The minimum Gasteiger partial charge on any atom is -0.152 e.